The van der Waals surface area contributed by atoms with E-state index in [2.05, 4.69) is 0 Å². The maximum atomic E-state index is 10.9. The predicted molar refractivity (Wildman–Crippen MR) is 61.0 cm³/mol. The highest BCUT2D eigenvalue weighted by molar-refractivity contribution is 5.92. The largest absolute Gasteiger partial charge is 0.478 e. The van der Waals surface area contributed by atoms with Crippen LogP contribution in [0.4, 0.5) is 0 Å². The molecule has 0 atom stereocenters. The van der Waals surface area contributed by atoms with Crippen LogP contribution >= 0.6 is 0 Å². The molecule has 0 bridgehead atoms. The van der Waals surface area contributed by atoms with Crippen molar-refractivity contribution in [2.45, 2.75) is 13.3 Å². The number of aryl methyl sites for hydroxylation is 1. The summed E-state index contributed by atoms with van der Waals surface area (Å²) in [6.45, 7) is 1.82. The summed E-state index contributed by atoms with van der Waals surface area (Å²) in [6.07, 6.45) is 3.25. The Balaban J connectivity index is 2.99. The SMILES string of the molecule is Cc1ccc(C=CCC(N)=O)c(C(=O)O)c1. The van der Waals surface area contributed by atoms with E-state index in [4.69, 9.17) is 10.8 Å². The van der Waals surface area contributed by atoms with Gasteiger partial charge in [-0.3, -0.25) is 4.79 Å². The van der Waals surface area contributed by atoms with Crippen molar-refractivity contribution in [2.75, 3.05) is 0 Å². The summed E-state index contributed by atoms with van der Waals surface area (Å²) < 4.78 is 0. The number of hydrogen-bond acceptors (Lipinski definition) is 2. The number of nitrogens with two attached hydrogens (primary N) is 1. The van der Waals surface area contributed by atoms with Gasteiger partial charge < -0.3 is 10.8 Å². The zero-order valence-corrected chi connectivity index (χ0v) is 8.93. The number of aromatic carboxylic acids is 1. The maximum absolute atomic E-state index is 10.9. The Labute approximate surface area is 93.4 Å². The van der Waals surface area contributed by atoms with Gasteiger partial charge in [0.05, 0.1) is 5.56 Å². The monoisotopic (exact) mass is 219 g/mol. The molecule has 0 fully saturated rings. The molecule has 1 rings (SSSR count). The predicted octanol–water partition coefficient (Wildman–Crippen LogP) is 1.58. The van der Waals surface area contributed by atoms with E-state index < -0.39 is 11.9 Å². The van der Waals surface area contributed by atoms with E-state index in [1.165, 1.54) is 0 Å². The molecule has 0 unspecified atom stereocenters. The maximum Gasteiger partial charge on any atom is 0.336 e. The molecule has 3 N–H and O–H groups in total. The van der Waals surface area contributed by atoms with E-state index in [0.29, 0.717) is 5.56 Å². The van der Waals surface area contributed by atoms with Gasteiger partial charge in [-0.25, -0.2) is 4.79 Å². The van der Waals surface area contributed by atoms with Gasteiger partial charge in [-0.05, 0) is 18.6 Å². The second-order valence-electron chi connectivity index (χ2n) is 3.47. The van der Waals surface area contributed by atoms with Crippen LogP contribution in [0.3, 0.4) is 0 Å². The topological polar surface area (TPSA) is 80.4 Å². The van der Waals surface area contributed by atoms with E-state index in [1.807, 2.05) is 13.0 Å². The zero-order valence-electron chi connectivity index (χ0n) is 8.93. The van der Waals surface area contributed by atoms with Crippen molar-refractivity contribution in [2.24, 2.45) is 5.73 Å². The minimum absolute atomic E-state index is 0.104. The lowest BCUT2D eigenvalue weighted by atomic mass is 10.0. The molecule has 1 amide bonds. The first-order valence-corrected chi connectivity index (χ1v) is 4.79. The first-order chi connectivity index (χ1) is 7.50. The van der Waals surface area contributed by atoms with E-state index in [0.717, 1.165) is 5.56 Å². The molecule has 0 aromatic heterocycles. The fraction of sp³-hybridized carbons (Fsp3) is 0.167. The van der Waals surface area contributed by atoms with Gasteiger partial charge in [-0.2, -0.15) is 0 Å². The quantitative estimate of drug-likeness (QED) is 0.806. The summed E-state index contributed by atoms with van der Waals surface area (Å²) in [6, 6.07) is 5.11. The number of carbonyl (C=O) groups is 2. The molecular formula is C12H13NO3. The molecule has 0 saturated heterocycles. The van der Waals surface area contributed by atoms with E-state index in [1.54, 1.807) is 24.3 Å². The third-order valence-corrected chi connectivity index (χ3v) is 2.06. The highest BCUT2D eigenvalue weighted by atomic mass is 16.4. The highest BCUT2D eigenvalue weighted by Gasteiger charge is 2.07. The molecule has 84 valence electrons. The number of carboxylic acids is 1. The second kappa shape index (κ2) is 5.11. The molecule has 0 radical (unpaired) electrons. The molecule has 16 heavy (non-hydrogen) atoms. The van der Waals surface area contributed by atoms with Crippen molar-refractivity contribution in [1.29, 1.82) is 0 Å². The van der Waals surface area contributed by atoms with E-state index in [9.17, 15) is 9.59 Å². The van der Waals surface area contributed by atoms with Gasteiger partial charge in [0.15, 0.2) is 0 Å². The lowest BCUT2D eigenvalue weighted by Gasteiger charge is -2.02. The van der Waals surface area contributed by atoms with Crippen molar-refractivity contribution in [3.63, 3.8) is 0 Å². The van der Waals surface area contributed by atoms with Gasteiger partial charge >= 0.3 is 5.97 Å². The normalized spacial score (nSPS) is 10.6. The van der Waals surface area contributed by atoms with Gasteiger partial charge in [-0.1, -0.05) is 29.8 Å². The Kier molecular flexibility index (Phi) is 3.83. The summed E-state index contributed by atoms with van der Waals surface area (Å²) in [5, 5.41) is 8.97. The van der Waals surface area contributed by atoms with Gasteiger partial charge in [0.25, 0.3) is 0 Å². The van der Waals surface area contributed by atoms with Crippen LogP contribution in [0, 0.1) is 6.92 Å². The molecule has 4 heteroatoms. The summed E-state index contributed by atoms with van der Waals surface area (Å²) >= 11 is 0. The van der Waals surface area contributed by atoms with Crippen LogP contribution in [0.2, 0.25) is 0 Å². The fourth-order valence-electron chi connectivity index (χ4n) is 1.30. The zero-order chi connectivity index (χ0) is 12.1. The number of hydrogen-bond donors (Lipinski definition) is 2. The van der Waals surface area contributed by atoms with Gasteiger partial charge in [0, 0.05) is 6.42 Å². The molecule has 0 aliphatic carbocycles. The molecule has 4 nitrogen and oxygen atoms in total. The van der Waals surface area contributed by atoms with Crippen molar-refractivity contribution in [3.8, 4) is 0 Å². The number of rotatable bonds is 4. The molecular weight excluding hydrogens is 206 g/mol. The highest BCUT2D eigenvalue weighted by Crippen LogP contribution is 2.13. The molecule has 0 heterocycles. The molecule has 1 aromatic rings. The third kappa shape index (κ3) is 3.24. The lowest BCUT2D eigenvalue weighted by molar-refractivity contribution is -0.117. The van der Waals surface area contributed by atoms with E-state index in [-0.39, 0.29) is 12.0 Å². The van der Waals surface area contributed by atoms with Crippen LogP contribution in [0.5, 0.6) is 0 Å². The lowest BCUT2D eigenvalue weighted by Crippen LogP contribution is -2.08. The van der Waals surface area contributed by atoms with E-state index >= 15 is 0 Å². The van der Waals surface area contributed by atoms with Crippen molar-refractivity contribution in [1.82, 2.24) is 0 Å². The molecule has 1 aromatic carbocycles. The summed E-state index contributed by atoms with van der Waals surface area (Å²) in [4.78, 5) is 21.5. The molecule has 0 aliphatic heterocycles. The summed E-state index contributed by atoms with van der Waals surface area (Å²) in [7, 11) is 0. The van der Waals surface area contributed by atoms with Crippen LogP contribution in [0.15, 0.2) is 24.3 Å². The Bertz CT molecular complexity index is 450. The Hall–Kier alpha value is -2.10. The van der Waals surface area contributed by atoms with Crippen molar-refractivity contribution in [3.05, 3.63) is 41.0 Å². The average Bonchev–Trinajstić information content (AvgIpc) is 2.19. The number of primary amides is 1. The van der Waals surface area contributed by atoms with Crippen molar-refractivity contribution >= 4 is 18.0 Å². The average molecular weight is 219 g/mol. The Morgan fingerprint density at radius 2 is 2.12 bits per heavy atom. The van der Waals surface area contributed by atoms with Crippen LogP contribution in [-0.4, -0.2) is 17.0 Å². The standard InChI is InChI=1S/C12H13NO3/c1-8-5-6-9(3-2-4-11(13)14)10(7-8)12(15)16/h2-3,5-7H,4H2,1H3,(H2,13,14)(H,15,16). The summed E-state index contributed by atoms with van der Waals surface area (Å²) in [5.41, 5.74) is 6.64. The van der Waals surface area contributed by atoms with Crippen molar-refractivity contribution < 1.29 is 14.7 Å². The minimum atomic E-state index is -0.984. The number of benzene rings is 1. The molecule has 0 spiro atoms. The first-order valence-electron chi connectivity index (χ1n) is 4.79. The Morgan fingerprint density at radius 1 is 1.44 bits per heavy atom. The van der Waals surface area contributed by atoms with Crippen LogP contribution in [-0.2, 0) is 4.79 Å². The first kappa shape index (κ1) is 12.0. The second-order valence-corrected chi connectivity index (χ2v) is 3.47. The van der Waals surface area contributed by atoms with Gasteiger partial charge in [0.1, 0.15) is 0 Å². The van der Waals surface area contributed by atoms with Crippen LogP contribution < -0.4 is 5.73 Å². The number of carboxylic acid groups (broad SMARTS) is 1. The number of carbonyl (C=O) groups excluding carboxylic acids is 1. The number of amides is 1. The third-order valence-electron chi connectivity index (χ3n) is 2.06. The van der Waals surface area contributed by atoms with Gasteiger partial charge in [-0.15, -0.1) is 0 Å². The molecule has 0 aliphatic rings. The Morgan fingerprint density at radius 3 is 2.69 bits per heavy atom. The van der Waals surface area contributed by atoms with Gasteiger partial charge in [0.2, 0.25) is 5.91 Å². The fourth-order valence-corrected chi connectivity index (χ4v) is 1.30. The molecule has 0 saturated carbocycles. The van der Waals surface area contributed by atoms with Crippen LogP contribution in [0.1, 0.15) is 27.9 Å². The minimum Gasteiger partial charge on any atom is -0.478 e. The van der Waals surface area contributed by atoms with Crippen LogP contribution in [0.25, 0.3) is 6.08 Å². The smallest absolute Gasteiger partial charge is 0.336 e. The summed E-state index contributed by atoms with van der Waals surface area (Å²) in [5.74, 6) is -1.43.